The summed E-state index contributed by atoms with van der Waals surface area (Å²) in [7, 11) is 3.39. The maximum Gasteiger partial charge on any atom is 0.272 e. The van der Waals surface area contributed by atoms with Crippen molar-refractivity contribution in [2.45, 2.75) is 51.5 Å². The lowest BCUT2D eigenvalue weighted by molar-refractivity contribution is -0.137. The molecule has 1 aliphatic heterocycles. The first kappa shape index (κ1) is 32.8. The third-order valence-electron chi connectivity index (χ3n) is 8.72. The van der Waals surface area contributed by atoms with Crippen molar-refractivity contribution in [1.82, 2.24) is 35.2 Å². The fourth-order valence-corrected chi connectivity index (χ4v) is 6.34. The van der Waals surface area contributed by atoms with Gasteiger partial charge in [-0.1, -0.05) is 30.3 Å². The molecule has 1 atom stereocenters. The van der Waals surface area contributed by atoms with Gasteiger partial charge in [0.15, 0.2) is 5.69 Å². The highest BCUT2D eigenvalue weighted by atomic mass is 16.5. The molecule has 1 aromatic carbocycles. The second kappa shape index (κ2) is 15.1. The lowest BCUT2D eigenvalue weighted by atomic mass is 9.91. The SMILES string of the molecule is COCCN1CC(=O)NC2CCc3c(c(nn3C)C(=O)NCCCN(C(=O)c3c(-c4ccccc4)ccnc3C)CCCC1=O)C2. The molecule has 2 N–H and O–H groups in total. The molecule has 0 radical (unpaired) electrons. The fourth-order valence-electron chi connectivity index (χ4n) is 6.34. The molecule has 12 heteroatoms. The van der Waals surface area contributed by atoms with Gasteiger partial charge in [-0.05, 0) is 56.2 Å². The first-order chi connectivity index (χ1) is 22.3. The lowest BCUT2D eigenvalue weighted by Crippen LogP contribution is -2.47. The first-order valence-corrected chi connectivity index (χ1v) is 16.0. The van der Waals surface area contributed by atoms with E-state index >= 15 is 0 Å². The quantitative estimate of drug-likeness (QED) is 0.442. The average Bonchev–Trinajstić information content (AvgIpc) is 3.38. The number of ether oxygens (including phenoxy) is 1. The van der Waals surface area contributed by atoms with Gasteiger partial charge in [0.05, 0.1) is 24.4 Å². The number of benzene rings is 1. The van der Waals surface area contributed by atoms with Gasteiger partial charge in [0.2, 0.25) is 11.8 Å². The Labute approximate surface area is 269 Å². The highest BCUT2D eigenvalue weighted by Crippen LogP contribution is 2.27. The molecular formula is C34H43N7O5. The van der Waals surface area contributed by atoms with Gasteiger partial charge in [0, 0.05) is 70.3 Å². The van der Waals surface area contributed by atoms with Crippen molar-refractivity contribution in [3.05, 3.63) is 70.8 Å². The zero-order valence-corrected chi connectivity index (χ0v) is 26.9. The minimum Gasteiger partial charge on any atom is -0.383 e. The Bertz CT molecular complexity index is 1570. The molecule has 46 heavy (non-hydrogen) atoms. The Hall–Kier alpha value is -4.58. The molecule has 12 nitrogen and oxygen atoms in total. The van der Waals surface area contributed by atoms with E-state index in [0.717, 1.165) is 28.8 Å². The van der Waals surface area contributed by atoms with E-state index in [4.69, 9.17) is 4.74 Å². The van der Waals surface area contributed by atoms with Gasteiger partial charge in [0.1, 0.15) is 0 Å². The molecule has 1 unspecified atom stereocenters. The van der Waals surface area contributed by atoms with Gasteiger partial charge in [-0.2, -0.15) is 5.10 Å². The van der Waals surface area contributed by atoms with Gasteiger partial charge < -0.3 is 25.2 Å². The molecular weight excluding hydrogens is 586 g/mol. The molecule has 3 heterocycles. The van der Waals surface area contributed by atoms with Crippen LogP contribution in [0.2, 0.25) is 0 Å². The van der Waals surface area contributed by atoms with E-state index in [0.29, 0.717) is 68.9 Å². The Balaban J connectivity index is 1.41. The number of carbonyl (C=O) groups excluding carboxylic acids is 4. The maximum atomic E-state index is 14.2. The molecule has 0 saturated carbocycles. The zero-order chi connectivity index (χ0) is 32.6. The van der Waals surface area contributed by atoms with E-state index in [2.05, 4.69) is 20.7 Å². The minimum atomic E-state index is -0.270. The number of aromatic nitrogens is 3. The molecule has 244 valence electrons. The molecule has 4 amide bonds. The number of rotatable bonds is 5. The maximum absolute atomic E-state index is 14.2. The summed E-state index contributed by atoms with van der Waals surface area (Å²) in [6.45, 7) is 3.34. The van der Waals surface area contributed by atoms with Gasteiger partial charge >= 0.3 is 0 Å². The summed E-state index contributed by atoms with van der Waals surface area (Å²) in [4.78, 5) is 61.7. The van der Waals surface area contributed by atoms with Crippen LogP contribution >= 0.6 is 0 Å². The second-order valence-electron chi connectivity index (χ2n) is 11.9. The molecule has 0 spiro atoms. The molecule has 2 bridgehead atoms. The number of hydrogen-bond donors (Lipinski definition) is 2. The summed E-state index contributed by atoms with van der Waals surface area (Å²) >= 11 is 0. The van der Waals surface area contributed by atoms with Gasteiger partial charge in [-0.25, -0.2) is 0 Å². The Morgan fingerprint density at radius 1 is 1.07 bits per heavy atom. The van der Waals surface area contributed by atoms with E-state index in [1.54, 1.807) is 22.9 Å². The van der Waals surface area contributed by atoms with Crippen LogP contribution in [0.15, 0.2) is 42.6 Å². The summed E-state index contributed by atoms with van der Waals surface area (Å²) in [5.41, 5.74) is 5.01. The topological polar surface area (TPSA) is 139 Å². The largest absolute Gasteiger partial charge is 0.383 e. The third kappa shape index (κ3) is 7.61. The lowest BCUT2D eigenvalue weighted by Gasteiger charge is -2.28. The number of nitrogens with one attached hydrogen (secondary N) is 2. The van der Waals surface area contributed by atoms with E-state index in [1.165, 1.54) is 4.90 Å². The predicted molar refractivity (Wildman–Crippen MR) is 172 cm³/mol. The highest BCUT2D eigenvalue weighted by molar-refractivity contribution is 6.02. The Kier molecular flexibility index (Phi) is 10.8. The average molecular weight is 630 g/mol. The smallest absolute Gasteiger partial charge is 0.272 e. The molecule has 0 fully saturated rings. The van der Waals surface area contributed by atoms with Crippen molar-refractivity contribution in [1.29, 1.82) is 0 Å². The van der Waals surface area contributed by atoms with E-state index in [1.807, 2.05) is 50.4 Å². The van der Waals surface area contributed by atoms with Crippen molar-refractivity contribution in [2.24, 2.45) is 7.05 Å². The summed E-state index contributed by atoms with van der Waals surface area (Å²) in [5.74, 6) is -0.881. The molecule has 0 saturated heterocycles. The number of methoxy groups -OCH3 is 1. The van der Waals surface area contributed by atoms with Crippen molar-refractivity contribution in [2.75, 3.05) is 46.4 Å². The van der Waals surface area contributed by atoms with Crippen LogP contribution in [0.1, 0.15) is 63.5 Å². The minimum absolute atomic E-state index is 0.0934. The fraction of sp³-hybridized carbons (Fsp3) is 0.471. The van der Waals surface area contributed by atoms with Crippen molar-refractivity contribution >= 4 is 23.6 Å². The van der Waals surface area contributed by atoms with Crippen molar-refractivity contribution < 1.29 is 23.9 Å². The summed E-state index contributed by atoms with van der Waals surface area (Å²) in [6, 6.07) is 11.4. The molecule has 2 aromatic heterocycles. The number of nitrogens with zero attached hydrogens (tertiary/aromatic N) is 5. The Morgan fingerprint density at radius 3 is 2.63 bits per heavy atom. The number of amides is 4. The van der Waals surface area contributed by atoms with Crippen molar-refractivity contribution in [3.63, 3.8) is 0 Å². The molecule has 3 aromatic rings. The van der Waals surface area contributed by atoms with E-state index in [-0.39, 0.29) is 49.2 Å². The number of carbonyl (C=O) groups is 4. The van der Waals surface area contributed by atoms with Gasteiger partial charge in [-0.3, -0.25) is 28.8 Å². The predicted octanol–water partition coefficient (Wildman–Crippen LogP) is 2.30. The van der Waals surface area contributed by atoms with Gasteiger partial charge in [-0.15, -0.1) is 0 Å². The van der Waals surface area contributed by atoms with Crippen LogP contribution in [-0.4, -0.2) is 101 Å². The highest BCUT2D eigenvalue weighted by Gasteiger charge is 2.30. The normalized spacial score (nSPS) is 18.4. The first-order valence-electron chi connectivity index (χ1n) is 16.0. The number of fused-ring (bicyclic) bond motifs is 1. The standard InChI is InChI=1S/C34H43N7O5/c1-23-31(26(14-16-35-23)24-9-5-4-6-10-24)34(45)40-17-7-11-30(43)41(19-20-46-3)22-29(42)37-25-12-13-28-27(21-25)32(38-39(28)2)33(44)36-15-8-18-40/h4-6,9-10,14,16,25H,7-8,11-13,15,17-22H2,1-3H3,(H,36,44)(H,37,42). The number of aryl methyl sites for hydroxylation is 2. The van der Waals surface area contributed by atoms with E-state index in [9.17, 15) is 19.2 Å². The van der Waals surface area contributed by atoms with Gasteiger partial charge in [0.25, 0.3) is 11.8 Å². The number of hydrogen-bond acceptors (Lipinski definition) is 7. The summed E-state index contributed by atoms with van der Waals surface area (Å²) in [6.07, 6.45) is 4.67. The van der Waals surface area contributed by atoms with E-state index < -0.39 is 0 Å². The van der Waals surface area contributed by atoms with Crippen LogP contribution in [0.25, 0.3) is 11.1 Å². The van der Waals surface area contributed by atoms with Crippen molar-refractivity contribution in [3.8, 4) is 11.1 Å². The summed E-state index contributed by atoms with van der Waals surface area (Å²) < 4.78 is 6.97. The monoisotopic (exact) mass is 629 g/mol. The zero-order valence-electron chi connectivity index (χ0n) is 26.9. The third-order valence-corrected chi connectivity index (χ3v) is 8.72. The summed E-state index contributed by atoms with van der Waals surface area (Å²) in [5, 5.41) is 10.6. The van der Waals surface area contributed by atoms with Crippen LogP contribution in [-0.2, 0) is 34.2 Å². The molecule has 5 rings (SSSR count). The van der Waals surface area contributed by atoms with Crippen LogP contribution < -0.4 is 10.6 Å². The Morgan fingerprint density at radius 2 is 1.85 bits per heavy atom. The van der Waals surface area contributed by atoms with Crippen LogP contribution in [0.4, 0.5) is 0 Å². The second-order valence-corrected chi connectivity index (χ2v) is 11.9. The molecule has 2 aliphatic rings. The van der Waals surface area contributed by atoms with Crippen LogP contribution in [0.5, 0.6) is 0 Å². The van der Waals surface area contributed by atoms with Crippen LogP contribution in [0, 0.1) is 6.92 Å². The number of pyridine rings is 1. The molecule has 1 aliphatic carbocycles. The van der Waals surface area contributed by atoms with Crippen LogP contribution in [0.3, 0.4) is 0 Å².